The van der Waals surface area contributed by atoms with Crippen LogP contribution in [0.4, 0.5) is 0 Å². The fourth-order valence-electron chi connectivity index (χ4n) is 0.418. The van der Waals surface area contributed by atoms with Crippen molar-refractivity contribution < 1.29 is 66.0 Å². The van der Waals surface area contributed by atoms with Crippen molar-refractivity contribution in [3.8, 4) is 0 Å². The molecule has 0 aliphatic carbocycles. The Hall–Kier alpha value is 3.50. The van der Waals surface area contributed by atoms with E-state index in [0.29, 0.717) is 0 Å². The average molecular weight is 803 g/mol. The van der Waals surface area contributed by atoms with Crippen molar-refractivity contribution in [3.63, 3.8) is 0 Å². The van der Waals surface area contributed by atoms with Gasteiger partial charge >= 0.3 is 71.7 Å². The van der Waals surface area contributed by atoms with Crippen molar-refractivity contribution in [1.82, 2.24) is 0 Å². The van der Waals surface area contributed by atoms with E-state index in [1.807, 2.05) is 0 Å². The first-order valence-corrected chi connectivity index (χ1v) is 11.1. The van der Waals surface area contributed by atoms with Gasteiger partial charge in [0.25, 0.3) is 0 Å². The molecule has 25 heavy (non-hydrogen) atoms. The normalized spacial score (nSPS) is 18.3. The van der Waals surface area contributed by atoms with Gasteiger partial charge in [-0.15, -0.1) is 0 Å². The van der Waals surface area contributed by atoms with Crippen LogP contribution < -0.4 is 29.4 Å². The maximum absolute atomic E-state index is 10.2. The molecule has 0 aliphatic heterocycles. The summed E-state index contributed by atoms with van der Waals surface area (Å²) >= 11 is 8.52. The summed E-state index contributed by atoms with van der Waals surface area (Å²) in [6.07, 6.45) is 0. The van der Waals surface area contributed by atoms with Gasteiger partial charge in [0.2, 0.25) is 0 Å². The molecule has 14 nitrogen and oxygen atoms in total. The third-order valence-corrected chi connectivity index (χ3v) is 8.52. The van der Waals surface area contributed by atoms with Crippen LogP contribution in [-0.4, -0.2) is 93.1 Å². The van der Waals surface area contributed by atoms with Gasteiger partial charge in [0, 0.05) is 0 Å². The quantitative estimate of drug-likeness (QED) is 0.188. The van der Waals surface area contributed by atoms with Crippen molar-refractivity contribution in [2.24, 2.45) is 0 Å². The van der Waals surface area contributed by atoms with Gasteiger partial charge in [-0.1, -0.05) is 0 Å². The molecule has 0 saturated heterocycles. The summed E-state index contributed by atoms with van der Waals surface area (Å²) in [4.78, 5) is 59.8. The molecule has 4 atom stereocenters. The molecule has 0 saturated carbocycles. The Morgan fingerprint density at radius 2 is 0.800 bits per heavy atom. The van der Waals surface area contributed by atoms with Crippen molar-refractivity contribution in [3.05, 3.63) is 0 Å². The van der Waals surface area contributed by atoms with Crippen LogP contribution in [0.5, 0.6) is 0 Å². The van der Waals surface area contributed by atoms with Crippen LogP contribution in [0.3, 0.4) is 0 Å². The van der Waals surface area contributed by atoms with Gasteiger partial charge in [0.05, 0.1) is 23.7 Å². The molecular formula is C2H4Cl2O14P4Sn3. The minimum Gasteiger partial charge on any atom is -0.809 e. The van der Waals surface area contributed by atoms with Crippen molar-refractivity contribution >= 4 is 126 Å². The Morgan fingerprint density at radius 3 is 0.840 bits per heavy atom. The van der Waals surface area contributed by atoms with E-state index in [4.69, 9.17) is 10.2 Å². The van der Waals surface area contributed by atoms with Gasteiger partial charge < -0.3 is 57.8 Å². The fraction of sp³-hybridized carbons (Fsp3) is 1.00. The molecule has 4 unspecified atom stereocenters. The molecule has 0 spiro atoms. The monoisotopic (exact) mass is 805 g/mol. The molecule has 0 aromatic carbocycles. The molecule has 0 bridgehead atoms. The first-order valence-electron chi connectivity index (χ1n) is 4.05. The summed E-state index contributed by atoms with van der Waals surface area (Å²) in [5, 5.41) is 16.5. The molecule has 23 heteroatoms. The van der Waals surface area contributed by atoms with E-state index < -0.39 is 41.6 Å². The molecule has 6 radical (unpaired) electrons. The Balaban J connectivity index is -0.0000000952. The van der Waals surface area contributed by atoms with Gasteiger partial charge in [-0.05, 0) is 15.2 Å². The van der Waals surface area contributed by atoms with Crippen molar-refractivity contribution in [2.75, 3.05) is 0 Å². The molecule has 0 rings (SSSR count). The summed E-state index contributed by atoms with van der Waals surface area (Å²) < 4.78 is 46.2. The maximum Gasteiger partial charge on any atom is 2.00 e. The zero-order valence-corrected chi connectivity index (χ0v) is 24.6. The fourth-order valence-corrected chi connectivity index (χ4v) is 4.40. The minimum atomic E-state index is -5.62. The topological polar surface area (TPSA) is 266 Å². The number of aliphatic hydroxyl groups excluding tert-OH is 2. The van der Waals surface area contributed by atoms with Crippen LogP contribution in [0, 0.1) is 0 Å². The predicted octanol–water partition coefficient (Wildman–Crippen LogP) is -5.34. The number of aliphatic hydroxyl groups is 2. The van der Waals surface area contributed by atoms with Crippen LogP contribution in [-0.2, 0) is 26.4 Å². The standard InChI is InChI=1S/2CH5ClO7P2.3Sn/c2*2-9-11(7,8)1(3)10(4,5)6;;;/h2*1,3H,(H,7,8)(H2,4,5,6);;;/q;;3*+2/p-6. The number of rotatable bonds is 6. The Kier molecular flexibility index (Phi) is 23.9. The Morgan fingerprint density at radius 1 is 0.640 bits per heavy atom. The second-order valence-electron chi connectivity index (χ2n) is 2.99. The number of halogens is 2. The number of hydrogen-bond donors (Lipinski definition) is 2. The summed E-state index contributed by atoms with van der Waals surface area (Å²) in [5.41, 5.74) is -6.26. The van der Waals surface area contributed by atoms with Crippen LogP contribution in [0.1, 0.15) is 0 Å². The summed E-state index contributed by atoms with van der Waals surface area (Å²) in [5.74, 6) is 0. The van der Waals surface area contributed by atoms with E-state index in [-0.39, 0.29) is 71.7 Å². The van der Waals surface area contributed by atoms with Gasteiger partial charge in [0.1, 0.15) is 11.2 Å². The van der Waals surface area contributed by atoms with E-state index in [1.165, 1.54) is 0 Å². The van der Waals surface area contributed by atoms with Gasteiger partial charge in [0.15, 0.2) is 15.2 Å². The Bertz CT molecular complexity index is 498. The third-order valence-electron chi connectivity index (χ3n) is 1.32. The first-order chi connectivity index (χ1) is 9.43. The molecule has 0 aromatic heterocycles. The minimum absolute atomic E-state index is 0. The van der Waals surface area contributed by atoms with Gasteiger partial charge in [-0.3, -0.25) is 0 Å². The SMILES string of the molecule is O=P([O-])([O-])C(O)P(=O)([O-])OCl.O=P([O-])([O-])C(O)P(=O)([O-])OCl.[Sn+2].[Sn+2].[Sn+2]. The molecule has 142 valence electrons. The molecular weight excluding hydrogens is 799 g/mol. The van der Waals surface area contributed by atoms with Crippen molar-refractivity contribution in [2.45, 2.75) is 11.2 Å². The molecule has 2 N–H and O–H groups in total. The van der Waals surface area contributed by atoms with E-state index in [1.54, 1.807) is 0 Å². The van der Waals surface area contributed by atoms with E-state index in [2.05, 4.69) is 31.9 Å². The number of hydrogen-bond acceptors (Lipinski definition) is 14. The zero-order valence-electron chi connectivity index (χ0n) is 11.0. The third kappa shape index (κ3) is 15.9. The van der Waals surface area contributed by atoms with Crippen LogP contribution in [0.25, 0.3) is 0 Å². The van der Waals surface area contributed by atoms with E-state index in [9.17, 15) is 47.6 Å². The van der Waals surface area contributed by atoms with E-state index >= 15 is 0 Å². The predicted molar refractivity (Wildman–Crippen MR) is 73.6 cm³/mol. The summed E-state index contributed by atoms with van der Waals surface area (Å²) in [6, 6.07) is 0. The second-order valence-corrected chi connectivity index (χ2v) is 11.2. The van der Waals surface area contributed by atoms with Crippen LogP contribution >= 0.6 is 54.1 Å². The second kappa shape index (κ2) is 15.3. The largest absolute Gasteiger partial charge is 2.00 e. The zero-order chi connectivity index (χ0) is 18.6. The average Bonchev–Trinajstić information content (AvgIpc) is 2.35. The molecule has 0 amide bonds. The van der Waals surface area contributed by atoms with Crippen LogP contribution in [0.2, 0.25) is 0 Å². The Labute approximate surface area is 201 Å². The maximum atomic E-state index is 10.2. The van der Waals surface area contributed by atoms with Gasteiger partial charge in [-0.25, -0.2) is 8.15 Å². The van der Waals surface area contributed by atoms with Crippen molar-refractivity contribution in [1.29, 1.82) is 0 Å². The molecule has 0 aliphatic rings. The molecule has 0 heterocycles. The summed E-state index contributed by atoms with van der Waals surface area (Å²) in [6.45, 7) is 0. The molecule has 0 aromatic rings. The van der Waals surface area contributed by atoms with E-state index in [0.717, 1.165) is 0 Å². The smallest absolute Gasteiger partial charge is 0.809 e. The van der Waals surface area contributed by atoms with Crippen LogP contribution in [0.15, 0.2) is 0 Å². The first kappa shape index (κ1) is 39.0. The van der Waals surface area contributed by atoms with Gasteiger partial charge in [-0.2, -0.15) is 0 Å². The molecule has 0 fully saturated rings. The summed E-state index contributed by atoms with van der Waals surface area (Å²) in [7, 11) is -21.7.